The van der Waals surface area contributed by atoms with Crippen LogP contribution >= 0.6 is 0 Å². The lowest BCUT2D eigenvalue weighted by atomic mass is 9.76. The zero-order valence-electron chi connectivity index (χ0n) is 26.3. The Morgan fingerprint density at radius 2 is 1.59 bits per heavy atom. The van der Waals surface area contributed by atoms with E-state index in [1.807, 2.05) is 0 Å². The summed E-state index contributed by atoms with van der Waals surface area (Å²) in [6, 6.07) is 4.48. The minimum absolute atomic E-state index is 0.00914. The highest BCUT2D eigenvalue weighted by Gasteiger charge is 2.49. The van der Waals surface area contributed by atoms with Crippen LogP contribution in [0.4, 0.5) is 0 Å². The van der Waals surface area contributed by atoms with Crippen LogP contribution in [0.2, 0.25) is 0 Å². The number of hydrogen-bond acceptors (Lipinski definition) is 4. The van der Waals surface area contributed by atoms with E-state index < -0.39 is 15.6 Å². The van der Waals surface area contributed by atoms with Gasteiger partial charge in [0.2, 0.25) is 10.0 Å². The van der Waals surface area contributed by atoms with Crippen molar-refractivity contribution in [1.82, 2.24) is 9.62 Å². The van der Waals surface area contributed by atoms with E-state index in [1.165, 1.54) is 87.3 Å². The van der Waals surface area contributed by atoms with Crippen LogP contribution in [-0.2, 0) is 27.7 Å². The second-order valence-corrected chi connectivity index (χ2v) is 15.2. The molecule has 41 heavy (non-hydrogen) atoms. The van der Waals surface area contributed by atoms with Crippen LogP contribution in [0.25, 0.3) is 0 Å². The van der Waals surface area contributed by atoms with E-state index in [0.29, 0.717) is 44.2 Å². The fourth-order valence-corrected chi connectivity index (χ4v) is 8.96. The molecule has 0 aromatic heterocycles. The molecule has 1 aromatic carbocycles. The third-order valence-corrected chi connectivity index (χ3v) is 11.9. The van der Waals surface area contributed by atoms with Gasteiger partial charge < -0.3 is 5.32 Å². The molecular formula is C34H55N3O3S. The number of amides is 1. The number of aryl methyl sites for hydroxylation is 3. The number of aliphatic imine (C=N–C) groups is 1. The molecule has 2 heterocycles. The van der Waals surface area contributed by atoms with Crippen molar-refractivity contribution in [2.45, 2.75) is 136 Å². The van der Waals surface area contributed by atoms with Gasteiger partial charge >= 0.3 is 0 Å². The topological polar surface area (TPSA) is 78.8 Å². The Morgan fingerprint density at radius 3 is 2.27 bits per heavy atom. The number of nitrogens with one attached hydrogen (secondary N) is 1. The average Bonchev–Trinajstić information content (AvgIpc) is 3.26. The normalized spacial score (nSPS) is 23.1. The Labute approximate surface area is 250 Å². The third-order valence-electron chi connectivity index (χ3n) is 10.1. The Bertz CT molecular complexity index is 1140. The highest BCUT2D eigenvalue weighted by atomic mass is 32.2. The number of piperidine rings is 1. The van der Waals surface area contributed by atoms with Gasteiger partial charge in [0.15, 0.2) is 0 Å². The molecule has 1 saturated carbocycles. The van der Waals surface area contributed by atoms with Crippen molar-refractivity contribution in [3.63, 3.8) is 0 Å². The number of unbranched alkanes of at least 4 members (excludes halogenated alkanes) is 5. The van der Waals surface area contributed by atoms with Crippen molar-refractivity contribution in [1.29, 1.82) is 0 Å². The van der Waals surface area contributed by atoms with Gasteiger partial charge in [-0.3, -0.25) is 9.79 Å². The summed E-state index contributed by atoms with van der Waals surface area (Å²) in [5, 5.41) is 3.19. The summed E-state index contributed by atoms with van der Waals surface area (Å²) >= 11 is 0. The fourth-order valence-electron chi connectivity index (χ4n) is 7.50. The molecular weight excluding hydrogens is 530 g/mol. The molecule has 0 radical (unpaired) electrons. The summed E-state index contributed by atoms with van der Waals surface area (Å²) < 4.78 is 28.4. The Kier molecular flexibility index (Phi) is 11.5. The molecule has 1 aliphatic carbocycles. The summed E-state index contributed by atoms with van der Waals surface area (Å²) in [4.78, 5) is 18.3. The molecule has 3 aliphatic rings. The van der Waals surface area contributed by atoms with Crippen molar-refractivity contribution in [3.8, 4) is 0 Å². The number of amidine groups is 1. The number of carbonyl (C=O) groups excluding carboxylic acids is 1. The molecule has 4 rings (SSSR count). The lowest BCUT2D eigenvalue weighted by molar-refractivity contribution is -0.125. The molecule has 0 unspecified atom stereocenters. The van der Waals surface area contributed by atoms with Gasteiger partial charge in [0, 0.05) is 19.0 Å². The van der Waals surface area contributed by atoms with Gasteiger partial charge in [-0.1, -0.05) is 77.3 Å². The molecule has 2 aliphatic heterocycles. The highest BCUT2D eigenvalue weighted by Crippen LogP contribution is 2.39. The molecule has 1 amide bonds. The largest absolute Gasteiger partial charge is 0.312 e. The monoisotopic (exact) mass is 585 g/mol. The van der Waals surface area contributed by atoms with Crippen LogP contribution in [0.15, 0.2) is 17.1 Å². The van der Waals surface area contributed by atoms with E-state index in [0.717, 1.165) is 24.2 Å². The standard InChI is InChI=1S/C34H55N3O3S/c1-5-7-9-11-15-29-16-12-13-17-31(29)32-35-33(38)34(36-32)19-21-37(22-20-34)41(39,40)23-18-30-26(3)24-28(25-27(30)4)14-10-8-6-2/h24-25,29,31H,5-23H2,1-4H3,(H,35,36,38)/t29-,31-/m0/s1. The first kappa shape index (κ1) is 32.2. The van der Waals surface area contributed by atoms with E-state index in [2.05, 4.69) is 45.1 Å². The Balaban J connectivity index is 1.35. The fraction of sp³-hybridized carbons (Fsp3) is 0.765. The van der Waals surface area contributed by atoms with E-state index in [9.17, 15) is 13.2 Å². The van der Waals surface area contributed by atoms with E-state index in [4.69, 9.17) is 4.99 Å². The smallest absolute Gasteiger partial charge is 0.253 e. The summed E-state index contributed by atoms with van der Waals surface area (Å²) in [5.41, 5.74) is 4.11. The molecule has 6 nitrogen and oxygen atoms in total. The van der Waals surface area contributed by atoms with Gasteiger partial charge in [-0.15, -0.1) is 0 Å². The lowest BCUT2D eigenvalue weighted by Crippen LogP contribution is -2.51. The quantitative estimate of drug-likeness (QED) is 0.238. The van der Waals surface area contributed by atoms with Crippen LogP contribution in [0.1, 0.15) is 126 Å². The van der Waals surface area contributed by atoms with Crippen molar-refractivity contribution in [3.05, 3.63) is 34.4 Å². The summed E-state index contributed by atoms with van der Waals surface area (Å²) in [6.07, 6.45) is 17.3. The number of hydrogen-bond donors (Lipinski definition) is 1. The molecule has 230 valence electrons. The van der Waals surface area contributed by atoms with Crippen LogP contribution < -0.4 is 5.32 Å². The molecule has 7 heteroatoms. The van der Waals surface area contributed by atoms with Gasteiger partial charge in [0.1, 0.15) is 11.4 Å². The Hall–Kier alpha value is -1.73. The van der Waals surface area contributed by atoms with Gasteiger partial charge in [-0.05, 0) is 93.4 Å². The first-order valence-electron chi connectivity index (χ1n) is 16.7. The molecule has 1 saturated heterocycles. The first-order valence-corrected chi connectivity index (χ1v) is 18.3. The predicted molar refractivity (Wildman–Crippen MR) is 170 cm³/mol. The second-order valence-electron chi connectivity index (χ2n) is 13.1. The van der Waals surface area contributed by atoms with Crippen LogP contribution in [-0.4, -0.2) is 48.8 Å². The third kappa shape index (κ3) is 8.01. The van der Waals surface area contributed by atoms with Gasteiger partial charge in [-0.25, -0.2) is 12.7 Å². The van der Waals surface area contributed by atoms with E-state index in [-0.39, 0.29) is 11.7 Å². The number of rotatable bonds is 14. The van der Waals surface area contributed by atoms with Crippen LogP contribution in [0, 0.1) is 25.7 Å². The van der Waals surface area contributed by atoms with Crippen molar-refractivity contribution < 1.29 is 13.2 Å². The molecule has 1 aromatic rings. The molecule has 1 N–H and O–H groups in total. The van der Waals surface area contributed by atoms with Crippen molar-refractivity contribution in [2.24, 2.45) is 16.8 Å². The zero-order valence-corrected chi connectivity index (χ0v) is 27.1. The molecule has 2 atom stereocenters. The first-order chi connectivity index (χ1) is 19.7. The number of benzene rings is 1. The van der Waals surface area contributed by atoms with Gasteiger partial charge in [-0.2, -0.15) is 0 Å². The summed E-state index contributed by atoms with van der Waals surface area (Å²) in [6.45, 7) is 9.42. The van der Waals surface area contributed by atoms with Crippen molar-refractivity contribution >= 4 is 21.8 Å². The SMILES string of the molecule is CCCCCC[C@H]1CCCC[C@@H]1C1=NC2(CCN(S(=O)(=O)CCc3c(C)cc(CCCCC)cc3C)CC2)C(=O)N1. The van der Waals surface area contributed by atoms with Crippen LogP contribution in [0.5, 0.6) is 0 Å². The second kappa shape index (κ2) is 14.6. The van der Waals surface area contributed by atoms with Gasteiger partial charge in [0.05, 0.1) is 5.75 Å². The lowest BCUT2D eigenvalue weighted by Gasteiger charge is -2.35. The number of sulfonamides is 1. The van der Waals surface area contributed by atoms with Gasteiger partial charge in [0.25, 0.3) is 5.91 Å². The molecule has 2 fully saturated rings. The maximum atomic E-state index is 13.4. The maximum Gasteiger partial charge on any atom is 0.253 e. The Morgan fingerprint density at radius 1 is 0.927 bits per heavy atom. The van der Waals surface area contributed by atoms with E-state index in [1.54, 1.807) is 4.31 Å². The highest BCUT2D eigenvalue weighted by molar-refractivity contribution is 7.89. The van der Waals surface area contributed by atoms with Crippen LogP contribution in [0.3, 0.4) is 0 Å². The number of carbonyl (C=O) groups is 1. The number of nitrogens with zero attached hydrogens (tertiary/aromatic N) is 2. The molecule has 0 bridgehead atoms. The predicted octanol–water partition coefficient (Wildman–Crippen LogP) is 7.05. The average molecular weight is 586 g/mol. The zero-order chi connectivity index (χ0) is 29.5. The minimum Gasteiger partial charge on any atom is -0.312 e. The van der Waals surface area contributed by atoms with E-state index >= 15 is 0 Å². The minimum atomic E-state index is -3.41. The molecule has 1 spiro atoms. The summed E-state index contributed by atoms with van der Waals surface area (Å²) in [7, 11) is -3.41. The van der Waals surface area contributed by atoms with Crippen molar-refractivity contribution in [2.75, 3.05) is 18.8 Å². The maximum absolute atomic E-state index is 13.4. The summed E-state index contributed by atoms with van der Waals surface area (Å²) in [5.74, 6) is 1.95.